The van der Waals surface area contributed by atoms with Crippen molar-refractivity contribution in [3.8, 4) is 11.5 Å². The zero-order valence-electron chi connectivity index (χ0n) is 13.3. The van der Waals surface area contributed by atoms with E-state index in [1.807, 2.05) is 6.92 Å². The van der Waals surface area contributed by atoms with Gasteiger partial charge in [0.2, 0.25) is 0 Å². The van der Waals surface area contributed by atoms with Gasteiger partial charge in [-0.1, -0.05) is 12.1 Å². The molecule has 0 saturated heterocycles. The first kappa shape index (κ1) is 15.8. The third-order valence-corrected chi connectivity index (χ3v) is 3.62. The summed E-state index contributed by atoms with van der Waals surface area (Å²) in [7, 11) is 0. The number of hydrogen-bond donors (Lipinski definition) is 2. The largest absolute Gasteiger partial charge is 0.492 e. The van der Waals surface area contributed by atoms with E-state index in [0.29, 0.717) is 29.6 Å². The Labute approximate surface area is 139 Å². The van der Waals surface area contributed by atoms with Crippen LogP contribution in [-0.2, 0) is 9.59 Å². The van der Waals surface area contributed by atoms with Crippen molar-refractivity contribution in [3.05, 3.63) is 42.6 Å². The van der Waals surface area contributed by atoms with Gasteiger partial charge in [0, 0.05) is 6.20 Å². The van der Waals surface area contributed by atoms with E-state index < -0.39 is 17.4 Å². The molecular formula is C17H17N3O4. The fourth-order valence-corrected chi connectivity index (χ4v) is 2.30. The predicted molar refractivity (Wildman–Crippen MR) is 88.1 cm³/mol. The quantitative estimate of drug-likeness (QED) is 0.840. The van der Waals surface area contributed by atoms with Crippen LogP contribution in [0.4, 0.5) is 11.5 Å². The zero-order chi connectivity index (χ0) is 17.2. The van der Waals surface area contributed by atoms with E-state index in [1.54, 1.807) is 36.4 Å². The summed E-state index contributed by atoms with van der Waals surface area (Å²) in [5, 5.41) is 5.29. The molecule has 1 atom stereocenters. The van der Waals surface area contributed by atoms with Crippen LogP contribution < -0.4 is 20.1 Å². The number of benzene rings is 1. The average molecular weight is 327 g/mol. The summed E-state index contributed by atoms with van der Waals surface area (Å²) in [5.74, 6) is -0.0210. The Hall–Kier alpha value is -3.09. The van der Waals surface area contributed by atoms with Crippen LogP contribution in [0.25, 0.3) is 0 Å². The number of pyridine rings is 1. The normalized spacial score (nSPS) is 18.8. The molecule has 2 aromatic rings. The number of nitrogens with zero attached hydrogens (tertiary/aromatic N) is 1. The van der Waals surface area contributed by atoms with Gasteiger partial charge in [0.1, 0.15) is 5.75 Å². The minimum absolute atomic E-state index is 0.294. The molecule has 1 aromatic heterocycles. The van der Waals surface area contributed by atoms with Gasteiger partial charge >= 0.3 is 0 Å². The van der Waals surface area contributed by atoms with Gasteiger partial charge in [-0.15, -0.1) is 0 Å². The highest BCUT2D eigenvalue weighted by Gasteiger charge is 2.47. The van der Waals surface area contributed by atoms with Crippen molar-refractivity contribution in [2.24, 2.45) is 0 Å². The third kappa shape index (κ3) is 2.76. The zero-order valence-corrected chi connectivity index (χ0v) is 13.3. The molecule has 7 nitrogen and oxygen atoms in total. The molecule has 0 spiro atoms. The second-order valence-electron chi connectivity index (χ2n) is 5.32. The maximum Gasteiger partial charge on any atom is 0.279 e. The van der Waals surface area contributed by atoms with Gasteiger partial charge in [0.15, 0.2) is 11.6 Å². The van der Waals surface area contributed by atoms with E-state index >= 15 is 0 Å². The lowest BCUT2D eigenvalue weighted by atomic mass is 10.0. The number of carbonyl (C=O) groups excluding carboxylic acids is 2. The van der Waals surface area contributed by atoms with Gasteiger partial charge < -0.3 is 20.1 Å². The van der Waals surface area contributed by atoms with Crippen LogP contribution in [0.2, 0.25) is 0 Å². The fraction of sp³-hybridized carbons (Fsp3) is 0.235. The minimum atomic E-state index is -1.71. The van der Waals surface area contributed by atoms with Crippen LogP contribution >= 0.6 is 0 Å². The Morgan fingerprint density at radius 2 is 2.12 bits per heavy atom. The lowest BCUT2D eigenvalue weighted by molar-refractivity contribution is -0.143. The molecule has 1 aliphatic heterocycles. The second kappa shape index (κ2) is 6.19. The van der Waals surface area contributed by atoms with Crippen molar-refractivity contribution < 1.29 is 19.1 Å². The molecule has 2 heterocycles. The highest BCUT2D eigenvalue weighted by Crippen LogP contribution is 2.33. The highest BCUT2D eigenvalue weighted by atomic mass is 16.5. The van der Waals surface area contributed by atoms with Crippen molar-refractivity contribution in [1.29, 1.82) is 0 Å². The summed E-state index contributed by atoms with van der Waals surface area (Å²) in [5.41, 5.74) is -1.24. The lowest BCUT2D eigenvalue weighted by Crippen LogP contribution is -2.56. The number of ether oxygens (including phenoxy) is 2. The van der Waals surface area contributed by atoms with Crippen molar-refractivity contribution in [3.63, 3.8) is 0 Å². The molecular weight excluding hydrogens is 310 g/mol. The van der Waals surface area contributed by atoms with Gasteiger partial charge in [-0.05, 0) is 38.1 Å². The smallest absolute Gasteiger partial charge is 0.279 e. The summed E-state index contributed by atoms with van der Waals surface area (Å²) < 4.78 is 11.1. The lowest BCUT2D eigenvalue weighted by Gasteiger charge is -2.32. The first-order valence-corrected chi connectivity index (χ1v) is 7.53. The topological polar surface area (TPSA) is 89.6 Å². The summed E-state index contributed by atoms with van der Waals surface area (Å²) in [6.07, 6.45) is 1.53. The number of para-hydroxylation sites is 2. The molecule has 2 amide bonds. The molecule has 0 aliphatic carbocycles. The number of carbonyl (C=O) groups is 2. The number of nitrogens with one attached hydrogen (secondary N) is 2. The Balaban J connectivity index is 1.86. The molecule has 0 fully saturated rings. The molecule has 2 N–H and O–H groups in total. The Kier molecular flexibility index (Phi) is 4.07. The van der Waals surface area contributed by atoms with Crippen LogP contribution in [0.15, 0.2) is 42.6 Å². The van der Waals surface area contributed by atoms with E-state index in [9.17, 15) is 9.59 Å². The maximum atomic E-state index is 12.7. The van der Waals surface area contributed by atoms with Crippen molar-refractivity contribution in [2.75, 3.05) is 17.2 Å². The van der Waals surface area contributed by atoms with Crippen molar-refractivity contribution >= 4 is 23.3 Å². The molecule has 0 bridgehead atoms. The first-order valence-electron chi connectivity index (χ1n) is 7.53. The molecule has 1 aliphatic rings. The molecule has 7 heteroatoms. The minimum Gasteiger partial charge on any atom is -0.492 e. The molecule has 24 heavy (non-hydrogen) atoms. The van der Waals surface area contributed by atoms with Gasteiger partial charge in [-0.25, -0.2) is 4.98 Å². The number of hydrogen-bond acceptors (Lipinski definition) is 5. The predicted octanol–water partition coefficient (Wildman–Crippen LogP) is 2.21. The van der Waals surface area contributed by atoms with Crippen LogP contribution in [0.1, 0.15) is 13.8 Å². The number of aromatic nitrogens is 1. The van der Waals surface area contributed by atoms with E-state index in [-0.39, 0.29) is 0 Å². The number of amides is 2. The molecule has 0 radical (unpaired) electrons. The van der Waals surface area contributed by atoms with Crippen molar-refractivity contribution in [2.45, 2.75) is 19.4 Å². The SMILES string of the molecule is CCOc1ccccc1NC(=O)[C@]1(C)Oc2cccnc2NC1=O. The van der Waals surface area contributed by atoms with E-state index in [2.05, 4.69) is 15.6 Å². The number of fused-ring (bicyclic) bond motifs is 1. The highest BCUT2D eigenvalue weighted by molar-refractivity contribution is 6.18. The van der Waals surface area contributed by atoms with Crippen LogP contribution in [0, 0.1) is 0 Å². The molecule has 0 unspecified atom stereocenters. The maximum absolute atomic E-state index is 12.7. The van der Waals surface area contributed by atoms with Gasteiger partial charge in [-0.3, -0.25) is 9.59 Å². The first-order chi connectivity index (χ1) is 11.5. The summed E-state index contributed by atoms with van der Waals surface area (Å²) in [6, 6.07) is 10.3. The van der Waals surface area contributed by atoms with Gasteiger partial charge in [0.05, 0.1) is 12.3 Å². The molecule has 1 aromatic carbocycles. The van der Waals surface area contributed by atoms with Gasteiger partial charge in [-0.2, -0.15) is 0 Å². The second-order valence-corrected chi connectivity index (χ2v) is 5.32. The third-order valence-electron chi connectivity index (χ3n) is 3.62. The van der Waals surface area contributed by atoms with Gasteiger partial charge in [0.25, 0.3) is 17.4 Å². The molecule has 0 saturated carbocycles. The van der Waals surface area contributed by atoms with E-state index in [1.165, 1.54) is 13.1 Å². The fourth-order valence-electron chi connectivity index (χ4n) is 2.30. The van der Waals surface area contributed by atoms with E-state index in [0.717, 1.165) is 0 Å². The molecule has 124 valence electrons. The number of rotatable bonds is 4. The standard InChI is InChI=1S/C17H17N3O4/c1-3-23-12-8-5-4-7-11(12)19-15(21)17(2)16(22)20-14-13(24-17)9-6-10-18-14/h4-10H,3H2,1-2H3,(H,19,21)(H,18,20,22)/t17-/m0/s1. The summed E-state index contributed by atoms with van der Waals surface area (Å²) in [6.45, 7) is 3.72. The average Bonchev–Trinajstić information content (AvgIpc) is 2.58. The van der Waals surface area contributed by atoms with Crippen LogP contribution in [0.3, 0.4) is 0 Å². The Morgan fingerprint density at radius 3 is 2.92 bits per heavy atom. The Bertz CT molecular complexity index is 793. The molecule has 3 rings (SSSR count). The van der Waals surface area contributed by atoms with Crippen molar-refractivity contribution in [1.82, 2.24) is 4.98 Å². The van der Waals surface area contributed by atoms with Crippen LogP contribution in [0.5, 0.6) is 11.5 Å². The van der Waals surface area contributed by atoms with Crippen LogP contribution in [-0.4, -0.2) is 29.0 Å². The summed E-state index contributed by atoms with van der Waals surface area (Å²) >= 11 is 0. The number of anilines is 2. The summed E-state index contributed by atoms with van der Waals surface area (Å²) in [4.78, 5) is 29.1. The monoisotopic (exact) mass is 327 g/mol. The Morgan fingerprint density at radius 1 is 1.33 bits per heavy atom. The van der Waals surface area contributed by atoms with E-state index in [4.69, 9.17) is 9.47 Å².